The Morgan fingerprint density at radius 2 is 1.27 bits per heavy atom. The summed E-state index contributed by atoms with van der Waals surface area (Å²) in [5, 5.41) is 8.97. The average Bonchev–Trinajstić information content (AvgIpc) is 2.69. The van der Waals surface area contributed by atoms with E-state index in [1.165, 1.54) is 6.08 Å². The largest absolute Gasteiger partial charge is 0.365 e. The maximum absolute atomic E-state index is 11.2. The molecule has 4 heteroatoms. The van der Waals surface area contributed by atoms with E-state index in [2.05, 4.69) is 4.90 Å². The van der Waals surface area contributed by atoms with Gasteiger partial charge in [0.25, 0.3) is 5.91 Å². The Morgan fingerprint density at radius 1 is 0.808 bits per heavy atom. The van der Waals surface area contributed by atoms with Gasteiger partial charge in [-0.05, 0) is 48.0 Å². The minimum atomic E-state index is -0.730. The highest BCUT2D eigenvalue weighted by Gasteiger charge is 2.11. The summed E-state index contributed by atoms with van der Waals surface area (Å²) in [5.41, 5.74) is 8.91. The third-order valence-electron chi connectivity index (χ3n) is 3.88. The van der Waals surface area contributed by atoms with Crippen molar-refractivity contribution >= 4 is 29.0 Å². The first-order valence-corrected chi connectivity index (χ1v) is 8.11. The number of nitrogens with zero attached hydrogens (tertiary/aromatic N) is 2. The van der Waals surface area contributed by atoms with Crippen molar-refractivity contribution in [2.24, 2.45) is 5.73 Å². The number of carbonyl (C=O) groups is 1. The lowest BCUT2D eigenvalue weighted by molar-refractivity contribution is -0.114. The number of carbonyl (C=O) groups excluding carboxylic acids is 1. The molecule has 0 saturated heterocycles. The van der Waals surface area contributed by atoms with E-state index in [-0.39, 0.29) is 5.57 Å². The molecule has 0 aliphatic rings. The van der Waals surface area contributed by atoms with Crippen LogP contribution < -0.4 is 10.6 Å². The lowest BCUT2D eigenvalue weighted by atomic mass is 10.1. The number of rotatable bonds is 5. The van der Waals surface area contributed by atoms with Crippen molar-refractivity contribution in [3.63, 3.8) is 0 Å². The zero-order chi connectivity index (χ0) is 18.4. The summed E-state index contributed by atoms with van der Waals surface area (Å²) in [6, 6.07) is 29.5. The molecule has 26 heavy (non-hydrogen) atoms. The van der Waals surface area contributed by atoms with E-state index in [0.29, 0.717) is 0 Å². The predicted octanol–water partition coefficient (Wildman–Crippen LogP) is 4.55. The number of hydrogen-bond acceptors (Lipinski definition) is 3. The molecule has 0 bridgehead atoms. The van der Waals surface area contributed by atoms with Gasteiger partial charge in [-0.1, -0.05) is 48.5 Å². The quantitative estimate of drug-likeness (QED) is 0.547. The Kier molecular flexibility index (Phi) is 5.11. The molecule has 1 amide bonds. The van der Waals surface area contributed by atoms with Gasteiger partial charge in [0.1, 0.15) is 11.6 Å². The summed E-state index contributed by atoms with van der Waals surface area (Å²) in [4.78, 5) is 13.3. The molecule has 0 aliphatic carbocycles. The van der Waals surface area contributed by atoms with Gasteiger partial charge >= 0.3 is 0 Å². The second kappa shape index (κ2) is 7.82. The Labute approximate surface area is 152 Å². The maximum atomic E-state index is 11.2. The van der Waals surface area contributed by atoms with Gasteiger partial charge in [0, 0.05) is 17.1 Å². The van der Waals surface area contributed by atoms with Crippen LogP contribution in [0.5, 0.6) is 0 Å². The van der Waals surface area contributed by atoms with Crippen LogP contribution in [0.1, 0.15) is 5.56 Å². The van der Waals surface area contributed by atoms with Crippen molar-refractivity contribution in [3.05, 3.63) is 96.1 Å². The summed E-state index contributed by atoms with van der Waals surface area (Å²) < 4.78 is 0. The smallest absolute Gasteiger partial charge is 0.259 e. The highest BCUT2D eigenvalue weighted by molar-refractivity contribution is 6.00. The topological polar surface area (TPSA) is 70.1 Å². The fraction of sp³-hybridized carbons (Fsp3) is 0. The van der Waals surface area contributed by atoms with Crippen LogP contribution in [0.4, 0.5) is 17.1 Å². The van der Waals surface area contributed by atoms with Crippen molar-refractivity contribution in [2.75, 3.05) is 4.90 Å². The Balaban J connectivity index is 2.01. The highest BCUT2D eigenvalue weighted by Crippen LogP contribution is 2.34. The first-order chi connectivity index (χ1) is 12.7. The molecule has 0 radical (unpaired) electrons. The number of primary amides is 1. The van der Waals surface area contributed by atoms with Crippen LogP contribution >= 0.6 is 0 Å². The predicted molar refractivity (Wildman–Crippen MR) is 104 cm³/mol. The van der Waals surface area contributed by atoms with Gasteiger partial charge < -0.3 is 10.6 Å². The van der Waals surface area contributed by atoms with Crippen LogP contribution in [-0.2, 0) is 4.79 Å². The number of benzene rings is 3. The summed E-state index contributed by atoms with van der Waals surface area (Å²) in [6.45, 7) is 0. The summed E-state index contributed by atoms with van der Waals surface area (Å²) >= 11 is 0. The van der Waals surface area contributed by atoms with Gasteiger partial charge in [0.2, 0.25) is 0 Å². The fourth-order valence-electron chi connectivity index (χ4n) is 2.65. The third kappa shape index (κ3) is 3.80. The molecule has 0 aliphatic heterocycles. The molecule has 0 aromatic heterocycles. The van der Waals surface area contributed by atoms with E-state index in [1.54, 1.807) is 0 Å². The minimum Gasteiger partial charge on any atom is -0.365 e. The van der Waals surface area contributed by atoms with Crippen molar-refractivity contribution in [3.8, 4) is 6.07 Å². The molecule has 0 heterocycles. The van der Waals surface area contributed by atoms with E-state index in [9.17, 15) is 4.79 Å². The Bertz CT molecular complexity index is 916. The monoisotopic (exact) mass is 339 g/mol. The second-order valence-electron chi connectivity index (χ2n) is 5.63. The second-order valence-corrected chi connectivity index (χ2v) is 5.63. The van der Waals surface area contributed by atoms with E-state index >= 15 is 0 Å². The van der Waals surface area contributed by atoms with Gasteiger partial charge in [-0.3, -0.25) is 4.79 Å². The number of nitrogens with two attached hydrogens (primary N) is 1. The van der Waals surface area contributed by atoms with Gasteiger partial charge in [-0.25, -0.2) is 0 Å². The normalized spacial score (nSPS) is 10.8. The highest BCUT2D eigenvalue weighted by atomic mass is 16.1. The van der Waals surface area contributed by atoms with Crippen LogP contribution in [0.15, 0.2) is 90.5 Å². The Morgan fingerprint density at radius 3 is 1.69 bits per heavy atom. The lowest BCUT2D eigenvalue weighted by Crippen LogP contribution is -2.12. The number of para-hydroxylation sites is 2. The van der Waals surface area contributed by atoms with Crippen LogP contribution in [-0.4, -0.2) is 5.91 Å². The van der Waals surface area contributed by atoms with Gasteiger partial charge in [-0.2, -0.15) is 5.26 Å². The molecule has 0 unspecified atom stereocenters. The standard InChI is InChI=1S/C22H17N3O/c23-16-18(22(24)26)15-17-11-13-21(14-12-17)25(19-7-3-1-4-8-19)20-9-5-2-6-10-20/h1-15H,(H2,24,26)/b18-15-. The van der Waals surface area contributed by atoms with Crippen molar-refractivity contribution in [2.45, 2.75) is 0 Å². The maximum Gasteiger partial charge on any atom is 0.259 e. The zero-order valence-electron chi connectivity index (χ0n) is 14.0. The summed E-state index contributed by atoms with van der Waals surface area (Å²) in [6.07, 6.45) is 1.49. The molecule has 126 valence electrons. The van der Waals surface area contributed by atoms with Gasteiger partial charge in [0.05, 0.1) is 0 Å². The van der Waals surface area contributed by atoms with Crippen LogP contribution in [0, 0.1) is 11.3 Å². The Hall–Kier alpha value is -3.84. The van der Waals surface area contributed by atoms with E-state index in [0.717, 1.165) is 22.6 Å². The van der Waals surface area contributed by atoms with Gasteiger partial charge in [-0.15, -0.1) is 0 Å². The third-order valence-corrected chi connectivity index (χ3v) is 3.88. The van der Waals surface area contributed by atoms with E-state index in [4.69, 9.17) is 11.0 Å². The molecule has 0 saturated carbocycles. The number of hydrogen-bond donors (Lipinski definition) is 1. The average molecular weight is 339 g/mol. The molecule has 3 aromatic carbocycles. The summed E-state index contributed by atoms with van der Waals surface area (Å²) in [5.74, 6) is -0.730. The molecule has 3 aromatic rings. The van der Waals surface area contributed by atoms with Crippen molar-refractivity contribution in [1.29, 1.82) is 5.26 Å². The SMILES string of the molecule is N#C/C(=C/c1ccc(N(c2ccccc2)c2ccccc2)cc1)C(N)=O. The molecule has 0 atom stereocenters. The van der Waals surface area contributed by atoms with Crippen molar-refractivity contribution < 1.29 is 4.79 Å². The number of amides is 1. The van der Waals surface area contributed by atoms with Crippen LogP contribution in [0.25, 0.3) is 6.08 Å². The first kappa shape index (κ1) is 17.0. The molecule has 0 fully saturated rings. The fourth-order valence-corrected chi connectivity index (χ4v) is 2.65. The minimum absolute atomic E-state index is 0.0688. The zero-order valence-corrected chi connectivity index (χ0v) is 14.0. The van der Waals surface area contributed by atoms with Crippen LogP contribution in [0.2, 0.25) is 0 Å². The summed E-state index contributed by atoms with van der Waals surface area (Å²) in [7, 11) is 0. The molecule has 2 N–H and O–H groups in total. The van der Waals surface area contributed by atoms with Gasteiger partial charge in [0.15, 0.2) is 0 Å². The molecular weight excluding hydrogens is 322 g/mol. The number of nitriles is 1. The van der Waals surface area contributed by atoms with Crippen molar-refractivity contribution in [1.82, 2.24) is 0 Å². The first-order valence-electron chi connectivity index (χ1n) is 8.11. The molecule has 3 rings (SSSR count). The molecule has 0 spiro atoms. The molecule has 4 nitrogen and oxygen atoms in total. The molecular formula is C22H17N3O. The van der Waals surface area contributed by atoms with Crippen LogP contribution in [0.3, 0.4) is 0 Å². The number of anilines is 3. The van der Waals surface area contributed by atoms with E-state index in [1.807, 2.05) is 91.0 Å². The lowest BCUT2D eigenvalue weighted by Gasteiger charge is -2.25. The van der Waals surface area contributed by atoms with E-state index < -0.39 is 5.91 Å².